The van der Waals surface area contributed by atoms with Crippen molar-refractivity contribution in [2.24, 2.45) is 0 Å². The summed E-state index contributed by atoms with van der Waals surface area (Å²) in [6.07, 6.45) is 0.365. The van der Waals surface area contributed by atoms with E-state index in [4.69, 9.17) is 11.6 Å². The van der Waals surface area contributed by atoms with Gasteiger partial charge in [-0.05, 0) is 29.2 Å². The van der Waals surface area contributed by atoms with E-state index < -0.39 is 0 Å². The van der Waals surface area contributed by atoms with Crippen LogP contribution in [0.1, 0.15) is 40.9 Å². The van der Waals surface area contributed by atoms with Gasteiger partial charge in [0, 0.05) is 16.3 Å². The molecule has 1 heterocycles. The summed E-state index contributed by atoms with van der Waals surface area (Å²) in [4.78, 5) is 14.3. The molecule has 3 heteroatoms. The van der Waals surface area contributed by atoms with Gasteiger partial charge in [0.1, 0.15) is 0 Å². The topological polar surface area (TPSA) is 17.1 Å². The number of rotatable bonds is 3. The van der Waals surface area contributed by atoms with Gasteiger partial charge in [-0.2, -0.15) is 0 Å². The van der Waals surface area contributed by atoms with Gasteiger partial charge >= 0.3 is 0 Å². The Morgan fingerprint density at radius 3 is 2.42 bits per heavy atom. The molecule has 0 aliphatic heterocycles. The van der Waals surface area contributed by atoms with Gasteiger partial charge in [0.05, 0.1) is 4.88 Å². The molecule has 0 bridgehead atoms. The lowest BCUT2D eigenvalue weighted by Gasteiger charge is -2.15. The minimum absolute atomic E-state index is 0.0909. The summed E-state index contributed by atoms with van der Waals surface area (Å²) in [7, 11) is 0. The zero-order valence-electron chi connectivity index (χ0n) is 11.4. The molecule has 2 rings (SSSR count). The Kier molecular flexibility index (Phi) is 4.12. The van der Waals surface area contributed by atoms with E-state index in [1.807, 2.05) is 36.4 Å². The number of carbonyl (C=O) groups excluding carboxylic acids is 1. The predicted octanol–water partition coefficient (Wildman–Crippen LogP) is 5.12. The lowest BCUT2D eigenvalue weighted by molar-refractivity contribution is 0.0997. The fourth-order valence-electron chi connectivity index (χ4n) is 1.79. The van der Waals surface area contributed by atoms with Crippen LogP contribution < -0.4 is 0 Å². The molecule has 2 aromatic rings. The Labute approximate surface area is 123 Å². The summed E-state index contributed by atoms with van der Waals surface area (Å²) in [5.74, 6) is 0.133. The predicted molar refractivity (Wildman–Crippen MR) is 82.5 cm³/mol. The molecule has 19 heavy (non-hydrogen) atoms. The van der Waals surface area contributed by atoms with Crippen LogP contribution >= 0.6 is 22.9 Å². The largest absolute Gasteiger partial charge is 0.293 e. The minimum Gasteiger partial charge on any atom is -0.293 e. The monoisotopic (exact) mass is 292 g/mol. The van der Waals surface area contributed by atoms with Gasteiger partial charge in [-0.25, -0.2) is 0 Å². The van der Waals surface area contributed by atoms with Gasteiger partial charge in [-0.3, -0.25) is 4.79 Å². The van der Waals surface area contributed by atoms with E-state index in [1.165, 1.54) is 4.88 Å². The highest BCUT2D eigenvalue weighted by molar-refractivity contribution is 7.14. The van der Waals surface area contributed by atoms with E-state index in [-0.39, 0.29) is 11.2 Å². The maximum absolute atomic E-state index is 12.3. The quantitative estimate of drug-likeness (QED) is 0.717. The minimum atomic E-state index is 0.0909. The number of halogens is 1. The van der Waals surface area contributed by atoms with Gasteiger partial charge < -0.3 is 0 Å². The average molecular weight is 293 g/mol. The van der Waals surface area contributed by atoms with Crippen molar-refractivity contribution in [3.63, 3.8) is 0 Å². The van der Waals surface area contributed by atoms with E-state index in [0.717, 1.165) is 10.4 Å². The molecule has 0 atom stereocenters. The average Bonchev–Trinajstić information content (AvgIpc) is 2.81. The first-order chi connectivity index (χ1) is 8.88. The summed E-state index contributed by atoms with van der Waals surface area (Å²) < 4.78 is 0. The van der Waals surface area contributed by atoms with E-state index in [9.17, 15) is 4.79 Å². The second kappa shape index (κ2) is 5.48. The van der Waals surface area contributed by atoms with Gasteiger partial charge in [0.2, 0.25) is 0 Å². The normalized spacial score (nSPS) is 11.6. The molecule has 0 aliphatic carbocycles. The molecule has 0 saturated heterocycles. The maximum Gasteiger partial charge on any atom is 0.177 e. The number of ketones is 1. The molecule has 0 radical (unpaired) electrons. The number of thiophene rings is 1. The zero-order valence-corrected chi connectivity index (χ0v) is 12.9. The van der Waals surface area contributed by atoms with Crippen LogP contribution in [0, 0.1) is 0 Å². The van der Waals surface area contributed by atoms with Crippen molar-refractivity contribution in [3.8, 4) is 0 Å². The van der Waals surface area contributed by atoms with Gasteiger partial charge in [-0.1, -0.05) is 50.6 Å². The summed E-state index contributed by atoms with van der Waals surface area (Å²) in [6.45, 7) is 6.46. The van der Waals surface area contributed by atoms with E-state index in [1.54, 1.807) is 11.3 Å². The van der Waals surface area contributed by atoms with Crippen molar-refractivity contribution in [1.29, 1.82) is 0 Å². The Morgan fingerprint density at radius 1 is 1.16 bits per heavy atom. The SMILES string of the molecule is CC(C)(C)c1ccc(C(=O)Cc2ccccc2Cl)s1. The fourth-order valence-corrected chi connectivity index (χ4v) is 3.00. The molecule has 0 N–H and O–H groups in total. The lowest BCUT2D eigenvalue weighted by Crippen LogP contribution is -2.08. The standard InChI is InChI=1S/C16H17ClOS/c1-16(2,3)15-9-8-14(19-15)13(18)10-11-6-4-5-7-12(11)17/h4-9H,10H2,1-3H3. The van der Waals surface area contributed by atoms with E-state index in [2.05, 4.69) is 20.8 Å². The third kappa shape index (κ3) is 3.46. The Morgan fingerprint density at radius 2 is 1.84 bits per heavy atom. The van der Waals surface area contributed by atoms with Crippen molar-refractivity contribution in [2.75, 3.05) is 0 Å². The number of Topliss-reactive ketones (excluding diaryl/α,β-unsaturated/α-hetero) is 1. The van der Waals surface area contributed by atoms with Crippen molar-refractivity contribution >= 4 is 28.7 Å². The molecule has 100 valence electrons. The molecule has 1 aromatic heterocycles. The molecule has 1 nitrogen and oxygen atoms in total. The highest BCUT2D eigenvalue weighted by Crippen LogP contribution is 2.30. The summed E-state index contributed by atoms with van der Waals surface area (Å²) in [5, 5.41) is 0.656. The summed E-state index contributed by atoms with van der Waals surface area (Å²) in [6, 6.07) is 11.5. The zero-order chi connectivity index (χ0) is 14.0. The first-order valence-corrected chi connectivity index (χ1v) is 7.44. The number of hydrogen-bond acceptors (Lipinski definition) is 2. The molecule has 0 fully saturated rings. The molecule has 0 aliphatic rings. The van der Waals surface area contributed by atoms with Crippen LogP contribution in [0.5, 0.6) is 0 Å². The lowest BCUT2D eigenvalue weighted by atomic mass is 9.95. The fraction of sp³-hybridized carbons (Fsp3) is 0.312. The molecule has 0 spiro atoms. The first kappa shape index (κ1) is 14.3. The second-order valence-corrected chi connectivity index (χ2v) is 7.10. The maximum atomic E-state index is 12.3. The van der Waals surface area contributed by atoms with Crippen LogP contribution in [-0.4, -0.2) is 5.78 Å². The van der Waals surface area contributed by atoms with Crippen molar-refractivity contribution < 1.29 is 4.79 Å². The number of benzene rings is 1. The smallest absolute Gasteiger partial charge is 0.177 e. The van der Waals surface area contributed by atoms with Crippen LogP contribution in [0.25, 0.3) is 0 Å². The first-order valence-electron chi connectivity index (χ1n) is 6.25. The third-order valence-corrected chi connectivity index (χ3v) is 4.85. The van der Waals surface area contributed by atoms with Crippen LogP contribution in [0.3, 0.4) is 0 Å². The Hall–Kier alpha value is -1.12. The van der Waals surface area contributed by atoms with Crippen LogP contribution in [0.15, 0.2) is 36.4 Å². The molecule has 0 amide bonds. The molecular weight excluding hydrogens is 276 g/mol. The Bertz CT molecular complexity index is 593. The third-order valence-electron chi connectivity index (χ3n) is 2.93. The van der Waals surface area contributed by atoms with Crippen molar-refractivity contribution in [1.82, 2.24) is 0 Å². The van der Waals surface area contributed by atoms with Gasteiger partial charge in [0.25, 0.3) is 0 Å². The molecule has 1 aromatic carbocycles. The van der Waals surface area contributed by atoms with Crippen LogP contribution in [0.4, 0.5) is 0 Å². The van der Waals surface area contributed by atoms with E-state index >= 15 is 0 Å². The molecule has 0 unspecified atom stereocenters. The second-order valence-electron chi connectivity index (χ2n) is 5.61. The molecular formula is C16H17ClOS. The number of carbonyl (C=O) groups is 1. The van der Waals surface area contributed by atoms with Crippen molar-refractivity contribution in [2.45, 2.75) is 32.6 Å². The van der Waals surface area contributed by atoms with Gasteiger partial charge in [-0.15, -0.1) is 11.3 Å². The van der Waals surface area contributed by atoms with Gasteiger partial charge in [0.15, 0.2) is 5.78 Å². The van der Waals surface area contributed by atoms with Crippen LogP contribution in [-0.2, 0) is 11.8 Å². The molecule has 0 saturated carbocycles. The highest BCUT2D eigenvalue weighted by atomic mass is 35.5. The van der Waals surface area contributed by atoms with Crippen molar-refractivity contribution in [3.05, 3.63) is 56.7 Å². The number of hydrogen-bond donors (Lipinski definition) is 0. The Balaban J connectivity index is 2.17. The summed E-state index contributed by atoms with van der Waals surface area (Å²) in [5.41, 5.74) is 0.980. The van der Waals surface area contributed by atoms with Crippen LogP contribution in [0.2, 0.25) is 5.02 Å². The van der Waals surface area contributed by atoms with E-state index in [0.29, 0.717) is 11.4 Å². The summed E-state index contributed by atoms with van der Waals surface area (Å²) >= 11 is 7.67. The highest BCUT2D eigenvalue weighted by Gasteiger charge is 2.18.